The summed E-state index contributed by atoms with van der Waals surface area (Å²) in [6.07, 6.45) is 3.37. The van der Waals surface area contributed by atoms with Crippen molar-refractivity contribution < 1.29 is 0 Å². The van der Waals surface area contributed by atoms with Crippen molar-refractivity contribution in [3.8, 4) is 0 Å². The van der Waals surface area contributed by atoms with Gasteiger partial charge >= 0.3 is 0 Å². The molecule has 0 radical (unpaired) electrons. The van der Waals surface area contributed by atoms with E-state index in [4.69, 9.17) is 0 Å². The van der Waals surface area contributed by atoms with Crippen LogP contribution < -0.4 is 10.6 Å². The van der Waals surface area contributed by atoms with E-state index in [-0.39, 0.29) is 24.0 Å². The molecule has 0 amide bonds. The average Bonchev–Trinajstić information content (AvgIpc) is 2.96. The number of guanidine groups is 1. The van der Waals surface area contributed by atoms with Gasteiger partial charge in [-0.15, -0.1) is 34.2 Å². The average molecular weight is 392 g/mol. The van der Waals surface area contributed by atoms with Gasteiger partial charge in [0.15, 0.2) is 11.8 Å². The molecule has 0 saturated heterocycles. The van der Waals surface area contributed by atoms with Gasteiger partial charge in [0.2, 0.25) is 0 Å². The molecule has 0 unspecified atom stereocenters. The van der Waals surface area contributed by atoms with Crippen LogP contribution in [-0.2, 0) is 19.5 Å². The molecule has 0 atom stereocenters. The summed E-state index contributed by atoms with van der Waals surface area (Å²) in [5.74, 6) is 3.64. The van der Waals surface area contributed by atoms with Gasteiger partial charge in [0, 0.05) is 26.6 Å². The van der Waals surface area contributed by atoms with E-state index in [1.54, 1.807) is 7.05 Å². The van der Waals surface area contributed by atoms with Crippen LogP contribution in [0.1, 0.15) is 38.3 Å². The summed E-state index contributed by atoms with van der Waals surface area (Å²) >= 11 is 0. The standard InChI is InChI=1S/C13H24N6.HI/c1-10(2)6-7-15-13(14-3)16-9-12-18-17-11-5-4-8-19(11)12;/h10H,4-9H2,1-3H3,(H2,14,15,16);1H. The Bertz CT molecular complexity index is 440. The molecule has 1 aliphatic rings. The number of hydrogen-bond donors (Lipinski definition) is 2. The zero-order valence-corrected chi connectivity index (χ0v) is 14.8. The number of aliphatic imine (C=N–C) groups is 1. The van der Waals surface area contributed by atoms with Gasteiger partial charge in [-0.1, -0.05) is 13.8 Å². The maximum Gasteiger partial charge on any atom is 0.191 e. The fourth-order valence-electron chi connectivity index (χ4n) is 2.20. The lowest BCUT2D eigenvalue weighted by Gasteiger charge is -2.12. The van der Waals surface area contributed by atoms with Gasteiger partial charge in [0.05, 0.1) is 6.54 Å². The van der Waals surface area contributed by atoms with Crippen molar-refractivity contribution in [3.05, 3.63) is 11.6 Å². The molecule has 1 aliphatic heterocycles. The quantitative estimate of drug-likeness (QED) is 0.454. The summed E-state index contributed by atoms with van der Waals surface area (Å²) in [4.78, 5) is 4.21. The number of aromatic nitrogens is 3. The van der Waals surface area contributed by atoms with E-state index < -0.39 is 0 Å². The topological polar surface area (TPSA) is 67.1 Å². The van der Waals surface area contributed by atoms with Gasteiger partial charge < -0.3 is 15.2 Å². The summed E-state index contributed by atoms with van der Waals surface area (Å²) in [6, 6.07) is 0. The Kier molecular flexibility index (Phi) is 7.25. The minimum atomic E-state index is 0. The van der Waals surface area contributed by atoms with Crippen LogP contribution in [0.4, 0.5) is 0 Å². The van der Waals surface area contributed by atoms with Crippen molar-refractivity contribution in [2.45, 2.75) is 46.2 Å². The van der Waals surface area contributed by atoms with Crippen LogP contribution in [0, 0.1) is 5.92 Å². The molecule has 1 aromatic heterocycles. The molecule has 6 nitrogen and oxygen atoms in total. The Morgan fingerprint density at radius 3 is 2.85 bits per heavy atom. The van der Waals surface area contributed by atoms with E-state index in [9.17, 15) is 0 Å². The molecule has 20 heavy (non-hydrogen) atoms. The number of halogens is 1. The molecule has 2 rings (SSSR count). The number of nitrogens with one attached hydrogen (secondary N) is 2. The van der Waals surface area contributed by atoms with Gasteiger partial charge in [-0.2, -0.15) is 0 Å². The molecule has 1 aromatic rings. The first-order valence-corrected chi connectivity index (χ1v) is 7.06. The Balaban J connectivity index is 0.00000200. The first-order chi connectivity index (χ1) is 9.20. The van der Waals surface area contributed by atoms with Crippen LogP contribution in [0.15, 0.2) is 4.99 Å². The summed E-state index contributed by atoms with van der Waals surface area (Å²) in [7, 11) is 1.79. The van der Waals surface area contributed by atoms with E-state index in [1.807, 2.05) is 0 Å². The minimum Gasteiger partial charge on any atom is -0.356 e. The van der Waals surface area contributed by atoms with Crippen LogP contribution in [0.2, 0.25) is 0 Å². The predicted molar refractivity (Wildman–Crippen MR) is 91.4 cm³/mol. The Labute approximate surface area is 137 Å². The maximum absolute atomic E-state index is 4.22. The lowest BCUT2D eigenvalue weighted by atomic mass is 10.1. The number of hydrogen-bond acceptors (Lipinski definition) is 3. The van der Waals surface area contributed by atoms with Crippen LogP contribution in [-0.4, -0.2) is 34.3 Å². The van der Waals surface area contributed by atoms with Crippen molar-refractivity contribution >= 4 is 29.9 Å². The van der Waals surface area contributed by atoms with Gasteiger partial charge in [0.1, 0.15) is 5.82 Å². The summed E-state index contributed by atoms with van der Waals surface area (Å²) in [5, 5.41) is 15.0. The molecule has 2 heterocycles. The number of fused-ring (bicyclic) bond motifs is 1. The largest absolute Gasteiger partial charge is 0.356 e. The molecule has 7 heteroatoms. The van der Waals surface area contributed by atoms with Crippen molar-refractivity contribution in [2.75, 3.05) is 13.6 Å². The number of nitrogens with zero attached hydrogens (tertiary/aromatic N) is 4. The molecule has 2 N–H and O–H groups in total. The second kappa shape index (κ2) is 8.43. The van der Waals surface area contributed by atoms with Crippen LogP contribution in [0.5, 0.6) is 0 Å². The third-order valence-corrected chi connectivity index (χ3v) is 3.34. The van der Waals surface area contributed by atoms with Crippen LogP contribution >= 0.6 is 24.0 Å². The molecule has 0 bridgehead atoms. The van der Waals surface area contributed by atoms with Gasteiger partial charge in [-0.3, -0.25) is 4.99 Å². The van der Waals surface area contributed by atoms with E-state index in [1.165, 1.54) is 6.42 Å². The molecule has 0 fully saturated rings. The fourth-order valence-corrected chi connectivity index (χ4v) is 2.20. The first-order valence-electron chi connectivity index (χ1n) is 7.06. The molecule has 114 valence electrons. The number of aryl methyl sites for hydroxylation is 1. The monoisotopic (exact) mass is 392 g/mol. The molecule has 0 aliphatic carbocycles. The smallest absolute Gasteiger partial charge is 0.191 e. The van der Waals surface area contributed by atoms with Crippen LogP contribution in [0.3, 0.4) is 0 Å². The SMILES string of the molecule is CN=C(NCCC(C)C)NCc1nnc2n1CCC2.I. The molecule has 0 spiro atoms. The molecular weight excluding hydrogens is 367 g/mol. The van der Waals surface area contributed by atoms with E-state index >= 15 is 0 Å². The third-order valence-electron chi connectivity index (χ3n) is 3.34. The van der Waals surface area contributed by atoms with E-state index in [0.717, 1.165) is 43.5 Å². The normalized spacial score (nSPS) is 14.1. The zero-order valence-electron chi connectivity index (χ0n) is 12.5. The lowest BCUT2D eigenvalue weighted by Crippen LogP contribution is -2.38. The van der Waals surface area contributed by atoms with E-state index in [0.29, 0.717) is 12.5 Å². The highest BCUT2D eigenvalue weighted by molar-refractivity contribution is 14.0. The molecule has 0 aromatic carbocycles. The predicted octanol–water partition coefficient (Wildman–Crippen LogP) is 1.55. The molecule has 0 saturated carbocycles. The maximum atomic E-state index is 4.22. The van der Waals surface area contributed by atoms with Gasteiger partial charge in [0.25, 0.3) is 0 Å². The van der Waals surface area contributed by atoms with Crippen LogP contribution in [0.25, 0.3) is 0 Å². The Morgan fingerprint density at radius 2 is 2.15 bits per heavy atom. The van der Waals surface area contributed by atoms with Crippen molar-refractivity contribution in [3.63, 3.8) is 0 Å². The van der Waals surface area contributed by atoms with Crippen molar-refractivity contribution in [1.82, 2.24) is 25.4 Å². The minimum absolute atomic E-state index is 0. The summed E-state index contributed by atoms with van der Waals surface area (Å²) in [5.41, 5.74) is 0. The summed E-state index contributed by atoms with van der Waals surface area (Å²) < 4.78 is 2.20. The van der Waals surface area contributed by atoms with Gasteiger partial charge in [-0.05, 0) is 18.8 Å². The highest BCUT2D eigenvalue weighted by Crippen LogP contribution is 2.13. The second-order valence-corrected chi connectivity index (χ2v) is 5.32. The van der Waals surface area contributed by atoms with E-state index in [2.05, 4.69) is 44.2 Å². The second-order valence-electron chi connectivity index (χ2n) is 5.32. The fraction of sp³-hybridized carbons (Fsp3) is 0.769. The number of rotatable bonds is 5. The highest BCUT2D eigenvalue weighted by Gasteiger charge is 2.16. The highest BCUT2D eigenvalue weighted by atomic mass is 127. The summed E-state index contributed by atoms with van der Waals surface area (Å²) in [6.45, 7) is 7.09. The van der Waals surface area contributed by atoms with Gasteiger partial charge in [-0.25, -0.2) is 0 Å². The third kappa shape index (κ3) is 4.60. The van der Waals surface area contributed by atoms with Crippen molar-refractivity contribution in [1.29, 1.82) is 0 Å². The molecular formula is C13H25IN6. The Morgan fingerprint density at radius 1 is 1.35 bits per heavy atom. The zero-order chi connectivity index (χ0) is 13.7. The first kappa shape index (κ1) is 17.2. The lowest BCUT2D eigenvalue weighted by molar-refractivity contribution is 0.572. The Hall–Kier alpha value is -0.860. The van der Waals surface area contributed by atoms with Crippen molar-refractivity contribution in [2.24, 2.45) is 10.9 Å².